The van der Waals surface area contributed by atoms with Crippen LogP contribution in [0.5, 0.6) is 0 Å². The second kappa shape index (κ2) is 10.5. The van der Waals surface area contributed by atoms with Crippen LogP contribution in [0.15, 0.2) is 78.9 Å². The molecule has 0 saturated heterocycles. The number of hydrogen-bond acceptors (Lipinski definition) is 5. The molecule has 0 aliphatic carbocycles. The molecule has 0 radical (unpaired) electrons. The number of para-hydroxylation sites is 1. The molecule has 6 rings (SSSR count). The number of hydrogen-bond donors (Lipinski definition) is 1. The van der Waals surface area contributed by atoms with E-state index in [2.05, 4.69) is 40.5 Å². The molecule has 0 spiro atoms. The van der Waals surface area contributed by atoms with E-state index in [0.29, 0.717) is 5.56 Å². The van der Waals surface area contributed by atoms with E-state index in [0.717, 1.165) is 51.8 Å². The Bertz CT molecular complexity index is 1480. The lowest BCUT2D eigenvalue weighted by atomic mass is 10.0. The van der Waals surface area contributed by atoms with Crippen molar-refractivity contribution >= 4 is 56.2 Å². The Hall–Kier alpha value is -3.10. The third kappa shape index (κ3) is 4.92. The summed E-state index contributed by atoms with van der Waals surface area (Å²) in [6, 6.07) is 24.3. The molecule has 36 heavy (non-hydrogen) atoms. The lowest BCUT2D eigenvalue weighted by Gasteiger charge is -2.27. The number of thiophene rings is 1. The molecule has 3 aromatic carbocycles. The minimum Gasteiger partial charge on any atom is -0.313 e. The summed E-state index contributed by atoms with van der Waals surface area (Å²) in [6.07, 6.45) is 0.899. The predicted octanol–water partition coefficient (Wildman–Crippen LogP) is 7.40. The maximum atomic E-state index is 13.4. The van der Waals surface area contributed by atoms with Gasteiger partial charge in [0, 0.05) is 35.6 Å². The van der Waals surface area contributed by atoms with E-state index >= 15 is 0 Å². The molecule has 182 valence electrons. The molecule has 1 aliphatic rings. The molecular formula is C28H23ClFN3OS2. The summed E-state index contributed by atoms with van der Waals surface area (Å²) in [7, 11) is 0. The highest BCUT2D eigenvalue weighted by molar-refractivity contribution is 7.23. The quantitative estimate of drug-likeness (QED) is 0.255. The number of fused-ring (bicyclic) bond motifs is 2. The fraction of sp³-hybridized carbons (Fsp3) is 0.143. The standard InChI is InChI=1S/C28H22FN3OS2.ClH/c29-20-12-10-19(11-13-20)26(33)31-28-25(27-30-22-8-4-5-9-23(22)34-27)21-14-15-32(17-24(21)35-28)16-18-6-2-1-3-7-18;/h1-13H,14-17H2,(H,31,33);1H. The van der Waals surface area contributed by atoms with Gasteiger partial charge in [-0.3, -0.25) is 9.69 Å². The molecule has 1 aliphatic heterocycles. The van der Waals surface area contributed by atoms with Crippen molar-refractivity contribution < 1.29 is 9.18 Å². The summed E-state index contributed by atoms with van der Waals surface area (Å²) in [5, 5.41) is 4.85. The van der Waals surface area contributed by atoms with Gasteiger partial charge in [-0.25, -0.2) is 9.37 Å². The van der Waals surface area contributed by atoms with E-state index in [-0.39, 0.29) is 24.1 Å². The minimum atomic E-state index is -0.359. The normalized spacial score (nSPS) is 13.2. The highest BCUT2D eigenvalue weighted by Crippen LogP contribution is 2.46. The van der Waals surface area contributed by atoms with Crippen LogP contribution in [0, 0.1) is 5.82 Å². The van der Waals surface area contributed by atoms with Gasteiger partial charge in [-0.15, -0.1) is 35.1 Å². The van der Waals surface area contributed by atoms with Gasteiger partial charge in [0.1, 0.15) is 15.8 Å². The first-order chi connectivity index (χ1) is 17.1. The number of anilines is 1. The van der Waals surface area contributed by atoms with Gasteiger partial charge in [-0.05, 0) is 53.9 Å². The van der Waals surface area contributed by atoms with Crippen molar-refractivity contribution in [3.63, 3.8) is 0 Å². The maximum absolute atomic E-state index is 13.4. The fourth-order valence-electron chi connectivity index (χ4n) is 4.50. The monoisotopic (exact) mass is 535 g/mol. The average molecular weight is 536 g/mol. The first-order valence-electron chi connectivity index (χ1n) is 11.5. The van der Waals surface area contributed by atoms with E-state index in [9.17, 15) is 9.18 Å². The fourth-order valence-corrected chi connectivity index (χ4v) is 6.90. The maximum Gasteiger partial charge on any atom is 0.256 e. The van der Waals surface area contributed by atoms with Gasteiger partial charge in [-0.2, -0.15) is 0 Å². The van der Waals surface area contributed by atoms with Crippen molar-refractivity contribution in [2.45, 2.75) is 19.5 Å². The van der Waals surface area contributed by atoms with E-state index in [1.54, 1.807) is 22.7 Å². The Morgan fingerprint density at radius 1 is 0.972 bits per heavy atom. The van der Waals surface area contributed by atoms with Crippen LogP contribution < -0.4 is 5.32 Å². The number of rotatable bonds is 5. The Morgan fingerprint density at radius 2 is 1.72 bits per heavy atom. The van der Waals surface area contributed by atoms with Crippen LogP contribution in [0.4, 0.5) is 9.39 Å². The van der Waals surface area contributed by atoms with Crippen LogP contribution in [0.3, 0.4) is 0 Å². The summed E-state index contributed by atoms with van der Waals surface area (Å²) in [6.45, 7) is 2.67. The molecule has 5 aromatic rings. The number of carbonyl (C=O) groups is 1. The number of nitrogens with one attached hydrogen (secondary N) is 1. The summed E-state index contributed by atoms with van der Waals surface area (Å²) in [4.78, 5) is 21.7. The van der Waals surface area contributed by atoms with Crippen LogP contribution in [-0.4, -0.2) is 22.3 Å². The van der Waals surface area contributed by atoms with Crippen LogP contribution in [0.1, 0.15) is 26.4 Å². The molecule has 0 unspecified atom stereocenters. The van der Waals surface area contributed by atoms with Crippen molar-refractivity contribution in [1.82, 2.24) is 9.88 Å². The lowest BCUT2D eigenvalue weighted by molar-refractivity contribution is 0.102. The van der Waals surface area contributed by atoms with Crippen molar-refractivity contribution in [2.75, 3.05) is 11.9 Å². The lowest BCUT2D eigenvalue weighted by Crippen LogP contribution is -2.29. The number of amides is 1. The van der Waals surface area contributed by atoms with E-state index in [1.165, 1.54) is 40.3 Å². The molecule has 3 heterocycles. The Kier molecular flexibility index (Phi) is 7.16. The largest absolute Gasteiger partial charge is 0.313 e. The van der Waals surface area contributed by atoms with Gasteiger partial charge >= 0.3 is 0 Å². The van der Waals surface area contributed by atoms with Crippen LogP contribution in [0.25, 0.3) is 20.8 Å². The van der Waals surface area contributed by atoms with E-state index < -0.39 is 0 Å². The third-order valence-electron chi connectivity index (χ3n) is 6.23. The zero-order chi connectivity index (χ0) is 23.8. The van der Waals surface area contributed by atoms with Gasteiger partial charge in [-0.1, -0.05) is 42.5 Å². The van der Waals surface area contributed by atoms with Gasteiger partial charge in [0.15, 0.2) is 0 Å². The molecule has 0 bridgehead atoms. The molecule has 1 N–H and O–H groups in total. The first kappa shape index (κ1) is 24.6. The van der Waals surface area contributed by atoms with Gasteiger partial charge in [0.25, 0.3) is 5.91 Å². The topological polar surface area (TPSA) is 45.2 Å². The molecule has 8 heteroatoms. The highest BCUT2D eigenvalue weighted by Gasteiger charge is 2.28. The number of aromatic nitrogens is 1. The van der Waals surface area contributed by atoms with Crippen molar-refractivity contribution in [3.05, 3.63) is 106 Å². The van der Waals surface area contributed by atoms with Crippen LogP contribution in [0.2, 0.25) is 0 Å². The number of carbonyl (C=O) groups excluding carboxylic acids is 1. The Balaban J connectivity index is 0.00000267. The van der Waals surface area contributed by atoms with E-state index in [1.807, 2.05) is 24.3 Å². The van der Waals surface area contributed by atoms with E-state index in [4.69, 9.17) is 4.98 Å². The average Bonchev–Trinajstić information content (AvgIpc) is 3.45. The SMILES string of the molecule is Cl.O=C(Nc1sc2c(c1-c1nc3ccccc3s1)CCN(Cc1ccccc1)C2)c1ccc(F)cc1. The van der Waals surface area contributed by atoms with Gasteiger partial charge < -0.3 is 5.32 Å². The smallest absolute Gasteiger partial charge is 0.256 e. The van der Waals surface area contributed by atoms with Crippen molar-refractivity contribution in [1.29, 1.82) is 0 Å². The minimum absolute atomic E-state index is 0. The second-order valence-electron chi connectivity index (χ2n) is 8.60. The number of nitrogens with zero attached hydrogens (tertiary/aromatic N) is 2. The second-order valence-corrected chi connectivity index (χ2v) is 10.7. The van der Waals surface area contributed by atoms with Gasteiger partial charge in [0.05, 0.1) is 10.2 Å². The summed E-state index contributed by atoms with van der Waals surface area (Å²) in [5.41, 5.74) is 4.99. The number of thiazole rings is 1. The third-order valence-corrected chi connectivity index (χ3v) is 8.41. The Morgan fingerprint density at radius 3 is 2.50 bits per heavy atom. The number of benzene rings is 3. The molecule has 4 nitrogen and oxygen atoms in total. The van der Waals surface area contributed by atoms with Crippen molar-refractivity contribution in [3.8, 4) is 10.6 Å². The summed E-state index contributed by atoms with van der Waals surface area (Å²) < 4.78 is 14.5. The van der Waals surface area contributed by atoms with Crippen LogP contribution in [-0.2, 0) is 19.5 Å². The number of halogens is 2. The summed E-state index contributed by atoms with van der Waals surface area (Å²) in [5.74, 6) is -0.603. The zero-order valence-corrected chi connectivity index (χ0v) is 21.7. The predicted molar refractivity (Wildman–Crippen MR) is 149 cm³/mol. The van der Waals surface area contributed by atoms with Crippen molar-refractivity contribution in [2.24, 2.45) is 0 Å². The molecule has 1 amide bonds. The first-order valence-corrected chi connectivity index (χ1v) is 13.1. The summed E-state index contributed by atoms with van der Waals surface area (Å²) >= 11 is 3.28. The van der Waals surface area contributed by atoms with Gasteiger partial charge in [0.2, 0.25) is 0 Å². The molecule has 0 saturated carbocycles. The Labute approximate surface area is 222 Å². The molecule has 0 fully saturated rings. The zero-order valence-electron chi connectivity index (χ0n) is 19.2. The molecule has 0 atom stereocenters. The van der Waals surface area contributed by atoms with Crippen LogP contribution >= 0.6 is 35.1 Å². The molecule has 2 aromatic heterocycles. The highest BCUT2D eigenvalue weighted by atomic mass is 35.5. The molecular weight excluding hydrogens is 513 g/mol.